The Kier molecular flexibility index (Phi) is 10.2. The number of carboxylic acid groups (broad SMARTS) is 1. The van der Waals surface area contributed by atoms with E-state index in [2.05, 4.69) is 52.7 Å². The van der Waals surface area contributed by atoms with Gasteiger partial charge in [-0.3, -0.25) is 0 Å². The first-order chi connectivity index (χ1) is 16.1. The van der Waals surface area contributed by atoms with Crippen molar-refractivity contribution in [3.63, 3.8) is 0 Å². The minimum absolute atomic E-state index is 0.344. The van der Waals surface area contributed by atoms with Gasteiger partial charge in [-0.05, 0) is 61.1 Å². The standard InChI is InChI=1S/C26H33ClN2O4/c1-32-25(27)19-33-18-20-10-11-22-13-12-21-7-2-3-8-23(21)29(24(22)17-20)16-5-4-14-28-15-6-9-26(30)31/h2-3,6-11,17,25,28H,4-5,12-16,18-19H2,1H3,(H,30,31)/b9-6+. The van der Waals surface area contributed by atoms with Crippen LogP contribution in [-0.2, 0) is 33.7 Å². The Hall–Kier alpha value is -2.38. The number of aryl methyl sites for hydroxylation is 2. The van der Waals surface area contributed by atoms with Crippen molar-refractivity contribution < 1.29 is 19.4 Å². The fourth-order valence-corrected chi connectivity index (χ4v) is 4.08. The number of carbonyl (C=O) groups is 1. The van der Waals surface area contributed by atoms with E-state index in [9.17, 15) is 4.79 Å². The smallest absolute Gasteiger partial charge is 0.328 e. The van der Waals surface area contributed by atoms with Gasteiger partial charge in [0.25, 0.3) is 0 Å². The van der Waals surface area contributed by atoms with Gasteiger partial charge in [0, 0.05) is 37.7 Å². The fraction of sp³-hybridized carbons (Fsp3) is 0.423. The van der Waals surface area contributed by atoms with Gasteiger partial charge in [0.15, 0.2) is 5.56 Å². The molecule has 0 spiro atoms. The van der Waals surface area contributed by atoms with Crippen molar-refractivity contribution in [2.24, 2.45) is 0 Å². The van der Waals surface area contributed by atoms with E-state index >= 15 is 0 Å². The van der Waals surface area contributed by atoms with Gasteiger partial charge in [0.05, 0.1) is 13.2 Å². The minimum Gasteiger partial charge on any atom is -0.478 e. The summed E-state index contributed by atoms with van der Waals surface area (Å²) in [6.45, 7) is 3.16. The average molecular weight is 473 g/mol. The molecule has 2 aromatic rings. The number of unbranched alkanes of at least 4 members (excludes halogenated alkanes) is 1. The Balaban J connectivity index is 1.66. The number of alkyl halides is 1. The molecule has 1 aliphatic rings. The number of nitrogens with zero attached hydrogens (tertiary/aromatic N) is 1. The molecule has 178 valence electrons. The number of para-hydroxylation sites is 1. The molecule has 0 amide bonds. The summed E-state index contributed by atoms with van der Waals surface area (Å²) < 4.78 is 10.8. The molecule has 0 saturated carbocycles. The van der Waals surface area contributed by atoms with Crippen LogP contribution in [0.15, 0.2) is 54.6 Å². The lowest BCUT2D eigenvalue weighted by molar-refractivity contribution is -0.131. The molecule has 7 heteroatoms. The van der Waals surface area contributed by atoms with Crippen LogP contribution < -0.4 is 10.2 Å². The monoisotopic (exact) mass is 472 g/mol. The lowest BCUT2D eigenvalue weighted by Gasteiger charge is -2.27. The summed E-state index contributed by atoms with van der Waals surface area (Å²) in [4.78, 5) is 13.0. The fourth-order valence-electron chi connectivity index (χ4n) is 3.99. The van der Waals surface area contributed by atoms with Crippen LogP contribution in [-0.4, -0.2) is 50.0 Å². The molecule has 0 aromatic heterocycles. The van der Waals surface area contributed by atoms with E-state index in [-0.39, 0.29) is 0 Å². The van der Waals surface area contributed by atoms with Crippen LogP contribution in [0.25, 0.3) is 0 Å². The summed E-state index contributed by atoms with van der Waals surface area (Å²) in [5.41, 5.74) is 5.90. The molecule has 2 aromatic carbocycles. The number of nitrogens with one attached hydrogen (secondary N) is 1. The zero-order valence-corrected chi connectivity index (χ0v) is 19.9. The van der Waals surface area contributed by atoms with Crippen LogP contribution in [0.4, 0.5) is 11.4 Å². The van der Waals surface area contributed by atoms with E-state index in [4.69, 9.17) is 26.2 Å². The molecule has 1 heterocycles. The second-order valence-corrected chi connectivity index (χ2v) is 8.54. The Labute approximate surface area is 201 Å². The summed E-state index contributed by atoms with van der Waals surface area (Å²) in [6.07, 6.45) is 6.86. The number of methoxy groups -OCH3 is 1. The van der Waals surface area contributed by atoms with Gasteiger partial charge in [0.1, 0.15) is 0 Å². The quantitative estimate of drug-likeness (QED) is 0.251. The number of carboxylic acids is 1. The molecule has 2 N–H and O–H groups in total. The summed E-state index contributed by atoms with van der Waals surface area (Å²) in [7, 11) is 1.57. The number of ether oxygens (including phenoxy) is 2. The Bertz CT molecular complexity index is 934. The summed E-state index contributed by atoms with van der Waals surface area (Å²) >= 11 is 5.98. The minimum atomic E-state index is -0.916. The SMILES string of the molecule is COC(Cl)COCc1ccc2c(c1)N(CCCCNC/C=C/C(=O)O)c1ccccc1CC2. The van der Waals surface area contributed by atoms with Gasteiger partial charge in [0.2, 0.25) is 0 Å². The summed E-state index contributed by atoms with van der Waals surface area (Å²) in [5.74, 6) is -0.916. The van der Waals surface area contributed by atoms with Crippen molar-refractivity contribution in [1.82, 2.24) is 5.32 Å². The highest BCUT2D eigenvalue weighted by atomic mass is 35.5. The molecule has 1 unspecified atom stereocenters. The van der Waals surface area contributed by atoms with Crippen LogP contribution in [0.1, 0.15) is 29.5 Å². The highest BCUT2D eigenvalue weighted by molar-refractivity contribution is 6.19. The first-order valence-electron chi connectivity index (χ1n) is 11.4. The number of anilines is 2. The first-order valence-corrected chi connectivity index (χ1v) is 11.8. The predicted molar refractivity (Wildman–Crippen MR) is 132 cm³/mol. The second-order valence-electron chi connectivity index (χ2n) is 8.06. The molecule has 1 atom stereocenters. The van der Waals surface area contributed by atoms with Crippen LogP contribution in [0, 0.1) is 0 Å². The number of fused-ring (bicyclic) bond motifs is 2. The van der Waals surface area contributed by atoms with Crippen molar-refractivity contribution in [2.45, 2.75) is 37.9 Å². The van der Waals surface area contributed by atoms with Crippen molar-refractivity contribution in [3.05, 3.63) is 71.3 Å². The van der Waals surface area contributed by atoms with E-state index in [0.29, 0.717) is 19.8 Å². The van der Waals surface area contributed by atoms with E-state index in [0.717, 1.165) is 44.3 Å². The zero-order valence-electron chi connectivity index (χ0n) is 19.1. The Morgan fingerprint density at radius 1 is 1.18 bits per heavy atom. The molecule has 3 rings (SSSR count). The molecule has 0 aliphatic carbocycles. The third-order valence-corrected chi connectivity index (χ3v) is 5.97. The van der Waals surface area contributed by atoms with E-state index in [1.807, 2.05) is 0 Å². The van der Waals surface area contributed by atoms with Crippen molar-refractivity contribution in [2.75, 3.05) is 38.3 Å². The zero-order chi connectivity index (χ0) is 23.5. The number of hydrogen-bond donors (Lipinski definition) is 2. The summed E-state index contributed by atoms with van der Waals surface area (Å²) in [6, 6.07) is 15.2. The molecule has 0 fully saturated rings. The average Bonchev–Trinajstić information content (AvgIpc) is 2.97. The third kappa shape index (κ3) is 7.86. The lowest BCUT2D eigenvalue weighted by atomic mass is 10.0. The molecule has 6 nitrogen and oxygen atoms in total. The van der Waals surface area contributed by atoms with Gasteiger partial charge in [-0.25, -0.2) is 4.79 Å². The van der Waals surface area contributed by atoms with Gasteiger partial charge >= 0.3 is 5.97 Å². The number of hydrogen-bond acceptors (Lipinski definition) is 5. The van der Waals surface area contributed by atoms with Crippen molar-refractivity contribution in [1.29, 1.82) is 0 Å². The molecular weight excluding hydrogens is 440 g/mol. The lowest BCUT2D eigenvalue weighted by Crippen LogP contribution is -2.22. The molecule has 0 saturated heterocycles. The van der Waals surface area contributed by atoms with Crippen LogP contribution in [0.3, 0.4) is 0 Å². The number of halogens is 1. The predicted octanol–water partition coefficient (Wildman–Crippen LogP) is 4.66. The Morgan fingerprint density at radius 3 is 2.76 bits per heavy atom. The maximum Gasteiger partial charge on any atom is 0.328 e. The molecule has 1 aliphatic heterocycles. The Morgan fingerprint density at radius 2 is 1.97 bits per heavy atom. The van der Waals surface area contributed by atoms with Gasteiger partial charge in [-0.1, -0.05) is 48.0 Å². The number of aliphatic carboxylic acids is 1. The normalized spacial score (nSPS) is 14.1. The maximum atomic E-state index is 10.5. The van der Waals surface area contributed by atoms with Gasteiger partial charge < -0.3 is 24.8 Å². The van der Waals surface area contributed by atoms with Crippen LogP contribution in [0.2, 0.25) is 0 Å². The van der Waals surface area contributed by atoms with Gasteiger partial charge in [-0.15, -0.1) is 0 Å². The van der Waals surface area contributed by atoms with Crippen LogP contribution in [0.5, 0.6) is 0 Å². The largest absolute Gasteiger partial charge is 0.478 e. The first kappa shape index (κ1) is 25.2. The van der Waals surface area contributed by atoms with Crippen molar-refractivity contribution >= 4 is 28.9 Å². The molecule has 33 heavy (non-hydrogen) atoms. The molecule has 0 bridgehead atoms. The van der Waals surface area contributed by atoms with Crippen molar-refractivity contribution in [3.8, 4) is 0 Å². The van der Waals surface area contributed by atoms with E-state index in [1.165, 1.54) is 28.6 Å². The molecule has 0 radical (unpaired) electrons. The molecular formula is C26H33ClN2O4. The number of benzene rings is 2. The third-order valence-electron chi connectivity index (χ3n) is 5.67. The topological polar surface area (TPSA) is 71.0 Å². The second kappa shape index (κ2) is 13.4. The summed E-state index contributed by atoms with van der Waals surface area (Å²) in [5, 5.41) is 11.9. The maximum absolute atomic E-state index is 10.5. The number of rotatable bonds is 13. The highest BCUT2D eigenvalue weighted by Crippen LogP contribution is 2.37. The van der Waals surface area contributed by atoms with Gasteiger partial charge in [-0.2, -0.15) is 0 Å². The van der Waals surface area contributed by atoms with E-state index in [1.54, 1.807) is 13.2 Å². The van der Waals surface area contributed by atoms with E-state index < -0.39 is 11.5 Å². The van der Waals surface area contributed by atoms with Crippen LogP contribution >= 0.6 is 11.6 Å². The highest BCUT2D eigenvalue weighted by Gasteiger charge is 2.20.